The molecule has 2 saturated heterocycles. The molecule has 2 aliphatic heterocycles. The number of amides is 1. The van der Waals surface area contributed by atoms with E-state index in [-0.39, 0.29) is 18.9 Å². The summed E-state index contributed by atoms with van der Waals surface area (Å²) in [6.07, 6.45) is 5.97. The number of carbonyl (C=O) groups is 1. The summed E-state index contributed by atoms with van der Waals surface area (Å²) in [7, 11) is -3.29. The molecule has 1 amide bonds. The minimum atomic E-state index is -3.29. The van der Waals surface area contributed by atoms with Gasteiger partial charge in [0.15, 0.2) is 0 Å². The van der Waals surface area contributed by atoms with Gasteiger partial charge < -0.3 is 9.64 Å². The molecular weight excluding hydrogens is 330 g/mol. The molecule has 2 heterocycles. The second-order valence-corrected chi connectivity index (χ2v) is 8.64. The van der Waals surface area contributed by atoms with Crippen molar-refractivity contribution in [3.05, 3.63) is 0 Å². The topological polar surface area (TPSA) is 70.2 Å². The third-order valence-electron chi connectivity index (χ3n) is 4.77. The summed E-state index contributed by atoms with van der Waals surface area (Å²) in [6.45, 7) is 6.10. The van der Waals surface area contributed by atoms with Crippen LogP contribution in [0.2, 0.25) is 0 Å². The van der Waals surface area contributed by atoms with Crippen LogP contribution in [0.3, 0.4) is 0 Å². The lowest BCUT2D eigenvalue weighted by Crippen LogP contribution is -2.44. The van der Waals surface area contributed by atoms with Crippen molar-refractivity contribution in [2.45, 2.75) is 32.1 Å². The second-order valence-electron chi connectivity index (χ2n) is 6.66. The van der Waals surface area contributed by atoms with Gasteiger partial charge >= 0.3 is 0 Å². The van der Waals surface area contributed by atoms with Crippen molar-refractivity contribution >= 4 is 15.9 Å². The highest BCUT2D eigenvalue weighted by atomic mass is 32.2. The lowest BCUT2D eigenvalue weighted by atomic mass is 10.2. The van der Waals surface area contributed by atoms with Crippen molar-refractivity contribution in [1.29, 1.82) is 0 Å². The second kappa shape index (κ2) is 9.70. The van der Waals surface area contributed by atoms with Crippen LogP contribution in [-0.4, -0.2) is 93.7 Å². The van der Waals surface area contributed by atoms with Crippen molar-refractivity contribution in [3.63, 3.8) is 0 Å². The Labute approximate surface area is 146 Å². The van der Waals surface area contributed by atoms with Crippen LogP contribution < -0.4 is 0 Å². The van der Waals surface area contributed by atoms with Crippen molar-refractivity contribution in [3.8, 4) is 0 Å². The molecule has 140 valence electrons. The van der Waals surface area contributed by atoms with E-state index in [1.54, 1.807) is 0 Å². The SMILES string of the molecule is CS(=O)(=O)N(CCC(=O)N1CCCCCC1)CCN1CCOCC1. The minimum absolute atomic E-state index is 0.0805. The van der Waals surface area contributed by atoms with Crippen molar-refractivity contribution in [2.24, 2.45) is 0 Å². The molecule has 0 atom stereocenters. The molecule has 7 nitrogen and oxygen atoms in total. The zero-order valence-corrected chi connectivity index (χ0v) is 15.6. The predicted octanol–water partition coefficient (Wildman–Crippen LogP) is 0.373. The van der Waals surface area contributed by atoms with Crippen LogP contribution in [0.25, 0.3) is 0 Å². The molecular formula is C16H31N3O4S. The van der Waals surface area contributed by atoms with Crippen LogP contribution in [-0.2, 0) is 19.6 Å². The van der Waals surface area contributed by atoms with Gasteiger partial charge in [-0.1, -0.05) is 12.8 Å². The molecule has 0 aromatic carbocycles. The van der Waals surface area contributed by atoms with Gasteiger partial charge in [0.2, 0.25) is 15.9 Å². The quantitative estimate of drug-likeness (QED) is 0.655. The molecule has 24 heavy (non-hydrogen) atoms. The minimum Gasteiger partial charge on any atom is -0.379 e. The van der Waals surface area contributed by atoms with Gasteiger partial charge in [0.25, 0.3) is 0 Å². The standard InChI is InChI=1S/C16H31N3O4S/c1-24(21,22)19(11-10-17-12-14-23-15-13-17)9-6-16(20)18-7-4-2-3-5-8-18/h2-15H2,1H3. The number of sulfonamides is 1. The van der Waals surface area contributed by atoms with Gasteiger partial charge in [-0.15, -0.1) is 0 Å². The number of rotatable bonds is 7. The summed E-state index contributed by atoms with van der Waals surface area (Å²) in [5.74, 6) is 0.0805. The van der Waals surface area contributed by atoms with Crippen LogP contribution in [0, 0.1) is 0 Å². The molecule has 0 aromatic rings. The number of morpholine rings is 1. The van der Waals surface area contributed by atoms with E-state index in [0.29, 0.717) is 26.3 Å². The van der Waals surface area contributed by atoms with Crippen LogP contribution in [0.4, 0.5) is 0 Å². The first-order valence-corrected chi connectivity index (χ1v) is 10.8. The molecule has 0 radical (unpaired) electrons. The van der Waals surface area contributed by atoms with Gasteiger partial charge in [-0.3, -0.25) is 9.69 Å². The fourth-order valence-electron chi connectivity index (χ4n) is 3.22. The van der Waals surface area contributed by atoms with Gasteiger partial charge in [-0.05, 0) is 12.8 Å². The van der Waals surface area contributed by atoms with E-state index in [1.807, 2.05) is 4.90 Å². The monoisotopic (exact) mass is 361 g/mol. The average Bonchev–Trinajstić information content (AvgIpc) is 2.83. The Hall–Kier alpha value is -0.700. The lowest BCUT2D eigenvalue weighted by molar-refractivity contribution is -0.131. The summed E-state index contributed by atoms with van der Waals surface area (Å²) in [4.78, 5) is 16.5. The maximum atomic E-state index is 12.4. The third kappa shape index (κ3) is 6.66. The van der Waals surface area contributed by atoms with E-state index in [0.717, 1.165) is 39.0 Å². The average molecular weight is 362 g/mol. The number of hydrogen-bond donors (Lipinski definition) is 0. The first kappa shape index (κ1) is 19.6. The number of ether oxygens (including phenoxy) is 1. The van der Waals surface area contributed by atoms with Gasteiger partial charge in [-0.25, -0.2) is 12.7 Å². The van der Waals surface area contributed by atoms with Crippen LogP contribution in [0.15, 0.2) is 0 Å². The van der Waals surface area contributed by atoms with Gasteiger partial charge in [0.05, 0.1) is 19.5 Å². The Balaban J connectivity index is 1.80. The molecule has 0 aromatic heterocycles. The van der Waals surface area contributed by atoms with E-state index in [2.05, 4.69) is 4.90 Å². The molecule has 8 heteroatoms. The van der Waals surface area contributed by atoms with E-state index >= 15 is 0 Å². The number of likely N-dealkylation sites (tertiary alicyclic amines) is 1. The summed E-state index contributed by atoms with van der Waals surface area (Å²) < 4.78 is 30.8. The smallest absolute Gasteiger partial charge is 0.223 e. The van der Waals surface area contributed by atoms with Crippen LogP contribution in [0.5, 0.6) is 0 Å². The maximum absolute atomic E-state index is 12.4. The Morgan fingerprint density at radius 2 is 1.62 bits per heavy atom. The molecule has 2 fully saturated rings. The first-order chi connectivity index (χ1) is 11.5. The highest BCUT2D eigenvalue weighted by molar-refractivity contribution is 7.88. The number of nitrogens with zero attached hydrogens (tertiary/aromatic N) is 3. The van der Waals surface area contributed by atoms with Gasteiger partial charge in [0.1, 0.15) is 0 Å². The Bertz CT molecular complexity index is 484. The lowest BCUT2D eigenvalue weighted by Gasteiger charge is -2.29. The van der Waals surface area contributed by atoms with Gasteiger partial charge in [-0.2, -0.15) is 0 Å². The largest absolute Gasteiger partial charge is 0.379 e. The number of carbonyl (C=O) groups excluding carboxylic acids is 1. The summed E-state index contributed by atoms with van der Waals surface area (Å²) in [5.41, 5.74) is 0. The fraction of sp³-hybridized carbons (Fsp3) is 0.938. The van der Waals surface area contributed by atoms with E-state index in [9.17, 15) is 13.2 Å². The van der Waals surface area contributed by atoms with E-state index < -0.39 is 10.0 Å². The van der Waals surface area contributed by atoms with Gasteiger partial charge in [0, 0.05) is 52.2 Å². The summed E-state index contributed by atoms with van der Waals surface area (Å²) >= 11 is 0. The van der Waals surface area contributed by atoms with Crippen LogP contribution >= 0.6 is 0 Å². The molecule has 0 bridgehead atoms. The third-order valence-corrected chi connectivity index (χ3v) is 6.08. The molecule has 2 aliphatic rings. The van der Waals surface area contributed by atoms with Crippen LogP contribution in [0.1, 0.15) is 32.1 Å². The molecule has 0 N–H and O–H groups in total. The van der Waals surface area contributed by atoms with E-state index in [4.69, 9.17) is 4.74 Å². The predicted molar refractivity (Wildman–Crippen MR) is 93.3 cm³/mol. The zero-order valence-electron chi connectivity index (χ0n) is 14.8. The summed E-state index contributed by atoms with van der Waals surface area (Å²) in [5, 5.41) is 0. The Morgan fingerprint density at radius 1 is 1.00 bits per heavy atom. The molecule has 0 saturated carbocycles. The van der Waals surface area contributed by atoms with E-state index in [1.165, 1.54) is 23.4 Å². The molecule has 0 aliphatic carbocycles. The molecule has 2 rings (SSSR count). The number of hydrogen-bond acceptors (Lipinski definition) is 5. The molecule has 0 spiro atoms. The fourth-order valence-corrected chi connectivity index (χ4v) is 4.06. The first-order valence-electron chi connectivity index (χ1n) is 9.00. The zero-order chi connectivity index (χ0) is 17.4. The molecule has 0 unspecified atom stereocenters. The summed E-state index contributed by atoms with van der Waals surface area (Å²) in [6, 6.07) is 0. The maximum Gasteiger partial charge on any atom is 0.223 e. The van der Waals surface area contributed by atoms with Crippen molar-refractivity contribution in [1.82, 2.24) is 14.1 Å². The highest BCUT2D eigenvalue weighted by Crippen LogP contribution is 2.11. The Morgan fingerprint density at radius 3 is 2.21 bits per heavy atom. The van der Waals surface area contributed by atoms with Crippen molar-refractivity contribution in [2.75, 3.05) is 65.3 Å². The highest BCUT2D eigenvalue weighted by Gasteiger charge is 2.22. The van der Waals surface area contributed by atoms with Crippen molar-refractivity contribution < 1.29 is 17.9 Å². The normalized spacial score (nSPS) is 21.0. The Kier molecular flexibility index (Phi) is 7.93.